The number of unbranched alkanes of at least 4 members (excludes halogenated alkanes) is 1. The molecular weight excluding hydrogens is 168 g/mol. The summed E-state index contributed by atoms with van der Waals surface area (Å²) in [5.74, 6) is 0.584. The quantitative estimate of drug-likeness (QED) is 0.688. The summed E-state index contributed by atoms with van der Waals surface area (Å²) in [6.45, 7) is 2.65. The summed E-state index contributed by atoms with van der Waals surface area (Å²) in [6, 6.07) is 0. The highest BCUT2D eigenvalue weighted by atomic mass is 16.5. The molecule has 1 heterocycles. The number of ether oxygens (including phenoxy) is 1. The fourth-order valence-electron chi connectivity index (χ4n) is 0.919. The lowest BCUT2D eigenvalue weighted by molar-refractivity contribution is 0.247. The van der Waals surface area contributed by atoms with Crippen molar-refractivity contribution in [3.05, 3.63) is 18.1 Å². The molecule has 0 saturated carbocycles. The summed E-state index contributed by atoms with van der Waals surface area (Å²) in [5, 5.41) is 8.53. The van der Waals surface area contributed by atoms with Crippen LogP contribution in [0.15, 0.2) is 12.4 Å². The van der Waals surface area contributed by atoms with E-state index in [2.05, 4.69) is 9.97 Å². The Morgan fingerprint density at radius 1 is 1.31 bits per heavy atom. The van der Waals surface area contributed by atoms with Crippen LogP contribution in [0, 0.1) is 6.92 Å². The van der Waals surface area contributed by atoms with Gasteiger partial charge < -0.3 is 9.84 Å². The van der Waals surface area contributed by atoms with E-state index in [1.807, 2.05) is 6.92 Å². The van der Waals surface area contributed by atoms with Crippen LogP contribution < -0.4 is 4.74 Å². The zero-order valence-electron chi connectivity index (χ0n) is 7.73. The van der Waals surface area contributed by atoms with E-state index in [-0.39, 0.29) is 6.61 Å². The van der Waals surface area contributed by atoms with Gasteiger partial charge in [-0.2, -0.15) is 0 Å². The maximum atomic E-state index is 8.53. The minimum absolute atomic E-state index is 0.211. The minimum Gasteiger partial charge on any atom is -0.476 e. The van der Waals surface area contributed by atoms with Gasteiger partial charge in [-0.15, -0.1) is 0 Å². The first-order chi connectivity index (χ1) is 6.34. The van der Waals surface area contributed by atoms with E-state index in [4.69, 9.17) is 9.84 Å². The third-order valence-electron chi connectivity index (χ3n) is 1.63. The van der Waals surface area contributed by atoms with Gasteiger partial charge in [-0.05, 0) is 19.8 Å². The number of aliphatic hydroxyl groups excluding tert-OH is 1. The largest absolute Gasteiger partial charge is 0.476 e. The molecule has 1 rings (SSSR count). The molecule has 0 amide bonds. The molecule has 0 radical (unpaired) electrons. The first-order valence-electron chi connectivity index (χ1n) is 4.36. The second kappa shape index (κ2) is 5.48. The molecule has 0 fully saturated rings. The molecule has 0 aliphatic heterocycles. The molecule has 0 aliphatic rings. The van der Waals surface area contributed by atoms with Gasteiger partial charge >= 0.3 is 0 Å². The van der Waals surface area contributed by atoms with Crippen molar-refractivity contribution < 1.29 is 9.84 Å². The molecule has 1 aromatic rings. The molecule has 1 aromatic heterocycles. The highest BCUT2D eigenvalue weighted by Gasteiger charge is 1.99. The van der Waals surface area contributed by atoms with Gasteiger partial charge in [0.2, 0.25) is 5.88 Å². The molecule has 4 nitrogen and oxygen atoms in total. The molecule has 72 valence electrons. The van der Waals surface area contributed by atoms with E-state index >= 15 is 0 Å². The lowest BCUT2D eigenvalue weighted by Gasteiger charge is -2.05. The van der Waals surface area contributed by atoms with Crippen molar-refractivity contribution >= 4 is 0 Å². The Kier molecular flexibility index (Phi) is 4.18. The Balaban J connectivity index is 2.32. The summed E-state index contributed by atoms with van der Waals surface area (Å²) >= 11 is 0. The Labute approximate surface area is 77.6 Å². The number of rotatable bonds is 5. The van der Waals surface area contributed by atoms with E-state index in [9.17, 15) is 0 Å². The van der Waals surface area contributed by atoms with Crippen LogP contribution in [0.2, 0.25) is 0 Å². The summed E-state index contributed by atoms with van der Waals surface area (Å²) in [6.07, 6.45) is 4.84. The van der Waals surface area contributed by atoms with Crippen LogP contribution in [0.25, 0.3) is 0 Å². The van der Waals surface area contributed by atoms with E-state index in [0.717, 1.165) is 18.5 Å². The van der Waals surface area contributed by atoms with Crippen LogP contribution >= 0.6 is 0 Å². The fourth-order valence-corrected chi connectivity index (χ4v) is 0.919. The highest BCUT2D eigenvalue weighted by Crippen LogP contribution is 2.09. The second-order valence-corrected chi connectivity index (χ2v) is 2.73. The molecular formula is C9H14N2O2. The number of aryl methyl sites for hydroxylation is 1. The standard InChI is InChI=1S/C9H14N2O2/c1-8-9(11-5-4-10-8)13-7-3-2-6-12/h4-5,12H,2-3,6-7H2,1H3. The topological polar surface area (TPSA) is 55.2 Å². The highest BCUT2D eigenvalue weighted by molar-refractivity contribution is 5.14. The maximum absolute atomic E-state index is 8.53. The van der Waals surface area contributed by atoms with Crippen LogP contribution in [0.5, 0.6) is 5.88 Å². The van der Waals surface area contributed by atoms with E-state index in [1.165, 1.54) is 0 Å². The number of aromatic nitrogens is 2. The molecule has 0 bridgehead atoms. The zero-order chi connectivity index (χ0) is 9.52. The fraction of sp³-hybridized carbons (Fsp3) is 0.556. The average molecular weight is 182 g/mol. The van der Waals surface area contributed by atoms with Crippen molar-refractivity contribution in [2.75, 3.05) is 13.2 Å². The van der Waals surface area contributed by atoms with Gasteiger partial charge in [0.05, 0.1) is 12.3 Å². The van der Waals surface area contributed by atoms with Gasteiger partial charge in [-0.3, -0.25) is 4.98 Å². The van der Waals surface area contributed by atoms with Crippen LogP contribution in [-0.4, -0.2) is 28.3 Å². The van der Waals surface area contributed by atoms with E-state index < -0.39 is 0 Å². The molecule has 4 heteroatoms. The van der Waals surface area contributed by atoms with Gasteiger partial charge in [-0.25, -0.2) is 4.98 Å². The molecule has 0 aliphatic carbocycles. The molecule has 13 heavy (non-hydrogen) atoms. The Bertz CT molecular complexity index is 253. The summed E-state index contributed by atoms with van der Waals surface area (Å²) in [4.78, 5) is 8.07. The monoisotopic (exact) mass is 182 g/mol. The average Bonchev–Trinajstić information content (AvgIpc) is 2.15. The molecule has 1 N–H and O–H groups in total. The minimum atomic E-state index is 0.211. The van der Waals surface area contributed by atoms with Crippen LogP contribution in [-0.2, 0) is 0 Å². The van der Waals surface area contributed by atoms with Crippen LogP contribution in [0.4, 0.5) is 0 Å². The van der Waals surface area contributed by atoms with Gasteiger partial charge in [-0.1, -0.05) is 0 Å². The smallest absolute Gasteiger partial charge is 0.235 e. The molecule has 0 unspecified atom stereocenters. The van der Waals surface area contributed by atoms with E-state index in [0.29, 0.717) is 12.5 Å². The third-order valence-corrected chi connectivity index (χ3v) is 1.63. The van der Waals surface area contributed by atoms with Crippen molar-refractivity contribution in [3.8, 4) is 5.88 Å². The zero-order valence-corrected chi connectivity index (χ0v) is 7.73. The predicted octanol–water partition coefficient (Wildman–Crippen LogP) is 0.936. The SMILES string of the molecule is Cc1nccnc1OCCCCO. The van der Waals surface area contributed by atoms with Crippen molar-refractivity contribution in [1.29, 1.82) is 0 Å². The number of hydrogen-bond acceptors (Lipinski definition) is 4. The molecule has 0 saturated heterocycles. The second-order valence-electron chi connectivity index (χ2n) is 2.73. The van der Waals surface area contributed by atoms with Crippen molar-refractivity contribution in [3.63, 3.8) is 0 Å². The Morgan fingerprint density at radius 3 is 2.77 bits per heavy atom. The lowest BCUT2D eigenvalue weighted by atomic mass is 10.3. The van der Waals surface area contributed by atoms with E-state index in [1.54, 1.807) is 12.4 Å². The van der Waals surface area contributed by atoms with Gasteiger partial charge in [0, 0.05) is 19.0 Å². The van der Waals surface area contributed by atoms with Gasteiger partial charge in [0.1, 0.15) is 0 Å². The molecule has 0 spiro atoms. The van der Waals surface area contributed by atoms with Gasteiger partial charge in [0.25, 0.3) is 0 Å². The maximum Gasteiger partial charge on any atom is 0.235 e. The van der Waals surface area contributed by atoms with Crippen LogP contribution in [0.3, 0.4) is 0 Å². The first kappa shape index (κ1) is 9.92. The van der Waals surface area contributed by atoms with Crippen molar-refractivity contribution in [1.82, 2.24) is 9.97 Å². The first-order valence-corrected chi connectivity index (χ1v) is 4.36. The summed E-state index contributed by atoms with van der Waals surface area (Å²) < 4.78 is 5.35. The summed E-state index contributed by atoms with van der Waals surface area (Å²) in [7, 11) is 0. The number of aliphatic hydroxyl groups is 1. The predicted molar refractivity (Wildman–Crippen MR) is 48.6 cm³/mol. The van der Waals surface area contributed by atoms with Crippen molar-refractivity contribution in [2.24, 2.45) is 0 Å². The van der Waals surface area contributed by atoms with Crippen molar-refractivity contribution in [2.45, 2.75) is 19.8 Å². The number of nitrogens with zero attached hydrogens (tertiary/aromatic N) is 2. The number of hydrogen-bond donors (Lipinski definition) is 1. The van der Waals surface area contributed by atoms with Gasteiger partial charge in [0.15, 0.2) is 0 Å². The molecule has 0 atom stereocenters. The third kappa shape index (κ3) is 3.38. The Hall–Kier alpha value is -1.16. The lowest BCUT2D eigenvalue weighted by Crippen LogP contribution is -2.02. The summed E-state index contributed by atoms with van der Waals surface area (Å²) in [5.41, 5.74) is 0.798. The Morgan fingerprint density at radius 2 is 2.08 bits per heavy atom. The molecule has 0 aromatic carbocycles. The van der Waals surface area contributed by atoms with Crippen LogP contribution in [0.1, 0.15) is 18.5 Å². The normalized spacial score (nSPS) is 10.0.